The van der Waals surface area contributed by atoms with E-state index < -0.39 is 0 Å². The molecule has 0 spiro atoms. The molecule has 1 saturated heterocycles. The number of carbonyl (C=O) groups excluding carboxylic acids is 1. The van der Waals surface area contributed by atoms with Crippen molar-refractivity contribution in [2.24, 2.45) is 0 Å². The lowest BCUT2D eigenvalue weighted by atomic mass is 9.97. The molecule has 0 saturated carbocycles. The summed E-state index contributed by atoms with van der Waals surface area (Å²) in [4.78, 5) is 14.2. The van der Waals surface area contributed by atoms with Crippen molar-refractivity contribution in [3.63, 3.8) is 0 Å². The highest BCUT2D eigenvalue weighted by molar-refractivity contribution is 5.81. The van der Waals surface area contributed by atoms with E-state index >= 15 is 0 Å². The zero-order valence-electron chi connectivity index (χ0n) is 11.3. The highest BCUT2D eigenvalue weighted by Gasteiger charge is 2.29. The minimum Gasteiger partial charge on any atom is -0.396 e. The second-order valence-corrected chi connectivity index (χ2v) is 5.24. The number of aliphatic hydroxyl groups is 1. The summed E-state index contributed by atoms with van der Waals surface area (Å²) < 4.78 is 0. The fourth-order valence-corrected chi connectivity index (χ4v) is 2.55. The lowest BCUT2D eigenvalue weighted by Gasteiger charge is -2.39. The van der Waals surface area contributed by atoms with Gasteiger partial charge in [-0.2, -0.15) is 0 Å². The molecule has 0 aliphatic carbocycles. The summed E-state index contributed by atoms with van der Waals surface area (Å²) in [7, 11) is 0. The normalized spacial score (nSPS) is 23.7. The molecule has 0 bridgehead atoms. The van der Waals surface area contributed by atoms with Crippen LogP contribution in [0.1, 0.15) is 46.5 Å². The van der Waals surface area contributed by atoms with Crippen LogP contribution >= 0.6 is 0 Å². The number of rotatable bonds is 5. The number of amides is 1. The molecule has 1 fully saturated rings. The number of hydrogen-bond donors (Lipinski definition) is 2. The molecule has 0 aromatic heterocycles. The molecule has 2 unspecified atom stereocenters. The number of nitrogens with one attached hydrogen (secondary N) is 1. The van der Waals surface area contributed by atoms with E-state index in [9.17, 15) is 4.79 Å². The Morgan fingerprint density at radius 1 is 1.41 bits per heavy atom. The molecule has 100 valence electrons. The van der Waals surface area contributed by atoms with E-state index in [1.54, 1.807) is 0 Å². The quantitative estimate of drug-likeness (QED) is 0.760. The maximum absolute atomic E-state index is 12.0. The van der Waals surface area contributed by atoms with E-state index in [4.69, 9.17) is 5.11 Å². The largest absolute Gasteiger partial charge is 0.396 e. The van der Waals surface area contributed by atoms with Gasteiger partial charge in [-0.1, -0.05) is 6.42 Å². The Morgan fingerprint density at radius 2 is 2.12 bits per heavy atom. The van der Waals surface area contributed by atoms with Crippen LogP contribution in [0.5, 0.6) is 0 Å². The zero-order chi connectivity index (χ0) is 12.8. The molecule has 1 rings (SSSR count). The third-order valence-corrected chi connectivity index (χ3v) is 3.44. The topological polar surface area (TPSA) is 52.6 Å². The fourth-order valence-electron chi connectivity index (χ4n) is 2.55. The maximum Gasteiger partial charge on any atom is 0.237 e. The summed E-state index contributed by atoms with van der Waals surface area (Å²) in [6, 6.07) is 0.460. The fraction of sp³-hybridized carbons (Fsp3) is 0.923. The second-order valence-electron chi connectivity index (χ2n) is 5.24. The number of hydrogen-bond acceptors (Lipinski definition) is 3. The van der Waals surface area contributed by atoms with Crippen LogP contribution in [0.15, 0.2) is 0 Å². The highest BCUT2D eigenvalue weighted by Crippen LogP contribution is 2.21. The summed E-state index contributed by atoms with van der Waals surface area (Å²) in [5, 5.41) is 12.0. The molecule has 1 heterocycles. The third kappa shape index (κ3) is 4.28. The van der Waals surface area contributed by atoms with E-state index in [-0.39, 0.29) is 24.6 Å². The van der Waals surface area contributed by atoms with Gasteiger partial charge >= 0.3 is 0 Å². The minimum absolute atomic E-state index is 0.0887. The third-order valence-electron chi connectivity index (χ3n) is 3.44. The molecule has 4 nitrogen and oxygen atoms in total. The molecule has 1 aliphatic rings. The average Bonchev–Trinajstić information content (AvgIpc) is 2.28. The predicted molar refractivity (Wildman–Crippen MR) is 68.8 cm³/mol. The van der Waals surface area contributed by atoms with Crippen LogP contribution in [0.25, 0.3) is 0 Å². The summed E-state index contributed by atoms with van der Waals surface area (Å²) in [6.07, 6.45) is 4.24. The SMILES string of the molecule is CC(C)NC(=O)C(C)N1CCCCC1CCO. The summed E-state index contributed by atoms with van der Waals surface area (Å²) in [5.74, 6) is 0.102. The standard InChI is InChI=1S/C13H26N2O2/c1-10(2)14-13(17)11(3)15-8-5-4-6-12(15)7-9-16/h10-12,16H,4-9H2,1-3H3,(H,14,17). The number of carbonyl (C=O) groups is 1. The molecular weight excluding hydrogens is 216 g/mol. The Hall–Kier alpha value is -0.610. The van der Waals surface area contributed by atoms with Crippen molar-refractivity contribution in [3.05, 3.63) is 0 Å². The number of piperidine rings is 1. The summed E-state index contributed by atoms with van der Waals surface area (Å²) in [5.41, 5.74) is 0. The van der Waals surface area contributed by atoms with Gasteiger partial charge in [0.05, 0.1) is 6.04 Å². The molecular formula is C13H26N2O2. The van der Waals surface area contributed by atoms with E-state index in [1.165, 1.54) is 6.42 Å². The van der Waals surface area contributed by atoms with Gasteiger partial charge in [0.15, 0.2) is 0 Å². The van der Waals surface area contributed by atoms with Crippen LogP contribution in [-0.4, -0.2) is 47.2 Å². The molecule has 1 aliphatic heterocycles. The first-order chi connectivity index (χ1) is 8.06. The predicted octanol–water partition coefficient (Wildman–Crippen LogP) is 1.14. The van der Waals surface area contributed by atoms with Gasteiger partial charge in [0.2, 0.25) is 5.91 Å². The number of likely N-dealkylation sites (tertiary alicyclic amines) is 1. The van der Waals surface area contributed by atoms with E-state index in [1.807, 2.05) is 20.8 Å². The van der Waals surface area contributed by atoms with Crippen LogP contribution in [0.2, 0.25) is 0 Å². The van der Waals surface area contributed by atoms with E-state index in [0.29, 0.717) is 6.04 Å². The number of aliphatic hydroxyl groups excluding tert-OH is 1. The lowest BCUT2D eigenvalue weighted by Crippen LogP contribution is -2.52. The van der Waals surface area contributed by atoms with Crippen LogP contribution in [0, 0.1) is 0 Å². The van der Waals surface area contributed by atoms with Crippen molar-refractivity contribution in [1.29, 1.82) is 0 Å². The van der Waals surface area contributed by atoms with Crippen LogP contribution in [0.3, 0.4) is 0 Å². The smallest absolute Gasteiger partial charge is 0.237 e. The first-order valence-electron chi connectivity index (χ1n) is 6.73. The van der Waals surface area contributed by atoms with Gasteiger partial charge in [0, 0.05) is 18.7 Å². The van der Waals surface area contributed by atoms with Gasteiger partial charge in [-0.05, 0) is 46.6 Å². The molecule has 4 heteroatoms. The van der Waals surface area contributed by atoms with Crippen molar-refractivity contribution in [1.82, 2.24) is 10.2 Å². The van der Waals surface area contributed by atoms with Gasteiger partial charge in [-0.3, -0.25) is 9.69 Å². The summed E-state index contributed by atoms with van der Waals surface area (Å²) >= 11 is 0. The number of nitrogens with zero attached hydrogens (tertiary/aromatic N) is 1. The van der Waals surface area contributed by atoms with Gasteiger partial charge < -0.3 is 10.4 Å². The van der Waals surface area contributed by atoms with Crippen LogP contribution in [-0.2, 0) is 4.79 Å². The molecule has 1 amide bonds. The Labute approximate surface area is 104 Å². The minimum atomic E-state index is -0.0887. The molecule has 17 heavy (non-hydrogen) atoms. The van der Waals surface area contributed by atoms with Gasteiger partial charge in [-0.15, -0.1) is 0 Å². The molecule has 0 radical (unpaired) electrons. The lowest BCUT2D eigenvalue weighted by molar-refractivity contribution is -0.128. The van der Waals surface area contributed by atoms with Crippen molar-refractivity contribution >= 4 is 5.91 Å². The molecule has 0 aromatic rings. The second kappa shape index (κ2) is 6.97. The van der Waals surface area contributed by atoms with Gasteiger partial charge in [-0.25, -0.2) is 0 Å². The summed E-state index contributed by atoms with van der Waals surface area (Å²) in [6.45, 7) is 7.10. The van der Waals surface area contributed by atoms with Crippen molar-refractivity contribution in [2.45, 2.75) is 64.6 Å². The molecule has 2 N–H and O–H groups in total. The highest BCUT2D eigenvalue weighted by atomic mass is 16.3. The molecule has 0 aromatic carbocycles. The monoisotopic (exact) mass is 242 g/mol. The van der Waals surface area contributed by atoms with Crippen LogP contribution < -0.4 is 5.32 Å². The van der Waals surface area contributed by atoms with Crippen molar-refractivity contribution in [3.8, 4) is 0 Å². The van der Waals surface area contributed by atoms with Crippen LogP contribution in [0.4, 0.5) is 0 Å². The van der Waals surface area contributed by atoms with Gasteiger partial charge in [0.1, 0.15) is 0 Å². The van der Waals surface area contributed by atoms with E-state index in [0.717, 1.165) is 25.8 Å². The Balaban J connectivity index is 2.57. The van der Waals surface area contributed by atoms with Gasteiger partial charge in [0.25, 0.3) is 0 Å². The Morgan fingerprint density at radius 3 is 2.71 bits per heavy atom. The van der Waals surface area contributed by atoms with Crippen molar-refractivity contribution < 1.29 is 9.90 Å². The van der Waals surface area contributed by atoms with Crippen molar-refractivity contribution in [2.75, 3.05) is 13.2 Å². The molecule has 2 atom stereocenters. The first kappa shape index (κ1) is 14.5. The van der Waals surface area contributed by atoms with E-state index in [2.05, 4.69) is 10.2 Å². The zero-order valence-corrected chi connectivity index (χ0v) is 11.3. The maximum atomic E-state index is 12.0. The average molecular weight is 242 g/mol. The Bertz CT molecular complexity index is 242. The Kier molecular flexibility index (Phi) is 5.92. The first-order valence-corrected chi connectivity index (χ1v) is 6.73.